The standard InChI is InChI=1S/C22H32N4O2S2/c1-5-25(21(29)24-19-10-11-19)14-20-12-23-22(26(20)13-16(2)3)30(27,28)15-18-9-7-6-8-17(18)4/h6-9,12,16,19H,5,10-11,13-15H2,1-4H3,(H,24,29). The van der Waals surface area contributed by atoms with Gasteiger partial charge in [0.25, 0.3) is 0 Å². The molecule has 3 rings (SSSR count). The number of aryl methyl sites for hydroxylation is 1. The third-order valence-corrected chi connectivity index (χ3v) is 7.21. The van der Waals surface area contributed by atoms with Crippen molar-refractivity contribution in [1.29, 1.82) is 0 Å². The molecule has 1 fully saturated rings. The van der Waals surface area contributed by atoms with Crippen LogP contribution >= 0.6 is 12.2 Å². The number of aromatic nitrogens is 2. The van der Waals surface area contributed by atoms with Crippen molar-refractivity contribution in [1.82, 2.24) is 19.8 Å². The Balaban J connectivity index is 1.88. The van der Waals surface area contributed by atoms with Crippen LogP contribution in [-0.2, 0) is 28.7 Å². The van der Waals surface area contributed by atoms with E-state index in [0.717, 1.165) is 41.3 Å². The molecule has 1 aliphatic rings. The third kappa shape index (κ3) is 5.60. The lowest BCUT2D eigenvalue weighted by atomic mass is 10.1. The van der Waals surface area contributed by atoms with Crippen molar-refractivity contribution in [3.05, 3.63) is 47.3 Å². The Hall–Kier alpha value is -1.93. The fourth-order valence-electron chi connectivity index (χ4n) is 3.38. The minimum atomic E-state index is -3.58. The molecular weight excluding hydrogens is 416 g/mol. The summed E-state index contributed by atoms with van der Waals surface area (Å²) < 4.78 is 28.4. The molecule has 0 unspecified atom stereocenters. The highest BCUT2D eigenvalue weighted by atomic mass is 32.2. The van der Waals surface area contributed by atoms with Crippen LogP contribution in [0.4, 0.5) is 0 Å². The summed E-state index contributed by atoms with van der Waals surface area (Å²) >= 11 is 5.57. The van der Waals surface area contributed by atoms with Crippen molar-refractivity contribution >= 4 is 27.2 Å². The molecule has 0 radical (unpaired) electrons. The Kier molecular flexibility index (Phi) is 7.18. The summed E-state index contributed by atoms with van der Waals surface area (Å²) in [6, 6.07) is 8.07. The molecule has 2 aromatic rings. The summed E-state index contributed by atoms with van der Waals surface area (Å²) in [5.41, 5.74) is 2.65. The van der Waals surface area contributed by atoms with Crippen molar-refractivity contribution in [3.8, 4) is 0 Å². The first-order valence-corrected chi connectivity index (χ1v) is 12.6. The Labute approximate surface area is 185 Å². The zero-order chi connectivity index (χ0) is 21.9. The Morgan fingerprint density at radius 2 is 2.03 bits per heavy atom. The number of hydrogen-bond acceptors (Lipinski definition) is 4. The number of sulfone groups is 1. The maximum absolute atomic E-state index is 13.3. The third-order valence-electron chi connectivity index (χ3n) is 5.26. The number of thiocarbonyl (C=S) groups is 1. The van der Waals surface area contributed by atoms with Gasteiger partial charge in [0.05, 0.1) is 24.2 Å². The molecule has 1 saturated carbocycles. The van der Waals surface area contributed by atoms with E-state index in [2.05, 4.69) is 36.0 Å². The predicted molar refractivity (Wildman–Crippen MR) is 124 cm³/mol. The first-order valence-electron chi connectivity index (χ1n) is 10.6. The van der Waals surface area contributed by atoms with Gasteiger partial charge in [-0.25, -0.2) is 13.4 Å². The number of nitrogens with one attached hydrogen (secondary N) is 1. The van der Waals surface area contributed by atoms with E-state index in [4.69, 9.17) is 12.2 Å². The van der Waals surface area contributed by atoms with Crippen LogP contribution < -0.4 is 5.32 Å². The lowest BCUT2D eigenvalue weighted by molar-refractivity contribution is 0.393. The molecule has 0 saturated heterocycles. The highest BCUT2D eigenvalue weighted by molar-refractivity contribution is 7.90. The van der Waals surface area contributed by atoms with Gasteiger partial charge in [0.1, 0.15) is 0 Å². The van der Waals surface area contributed by atoms with Gasteiger partial charge in [-0.15, -0.1) is 0 Å². The van der Waals surface area contributed by atoms with E-state index in [-0.39, 0.29) is 16.8 Å². The molecule has 1 aromatic heterocycles. The largest absolute Gasteiger partial charge is 0.360 e. The highest BCUT2D eigenvalue weighted by Gasteiger charge is 2.27. The second kappa shape index (κ2) is 9.47. The van der Waals surface area contributed by atoms with Gasteiger partial charge in [-0.2, -0.15) is 0 Å². The van der Waals surface area contributed by atoms with E-state index in [1.54, 1.807) is 6.20 Å². The lowest BCUT2D eigenvalue weighted by Gasteiger charge is -2.25. The maximum Gasteiger partial charge on any atom is 0.228 e. The van der Waals surface area contributed by atoms with Crippen molar-refractivity contribution < 1.29 is 8.42 Å². The zero-order valence-corrected chi connectivity index (χ0v) is 19.9. The van der Waals surface area contributed by atoms with Crippen LogP contribution in [0.5, 0.6) is 0 Å². The van der Waals surface area contributed by atoms with Crippen molar-refractivity contribution in [2.24, 2.45) is 5.92 Å². The van der Waals surface area contributed by atoms with Crippen molar-refractivity contribution in [3.63, 3.8) is 0 Å². The van der Waals surface area contributed by atoms with Crippen LogP contribution in [0.25, 0.3) is 0 Å². The fraction of sp³-hybridized carbons (Fsp3) is 0.545. The molecule has 1 N–H and O–H groups in total. The minimum Gasteiger partial charge on any atom is -0.360 e. The molecule has 164 valence electrons. The molecule has 0 aliphatic heterocycles. The van der Waals surface area contributed by atoms with Gasteiger partial charge >= 0.3 is 0 Å². The van der Waals surface area contributed by atoms with Crippen LogP contribution in [0.1, 0.15) is 50.4 Å². The summed E-state index contributed by atoms with van der Waals surface area (Å²) in [6.45, 7) is 10.0. The Morgan fingerprint density at radius 1 is 1.33 bits per heavy atom. The molecule has 6 nitrogen and oxygen atoms in total. The predicted octanol–water partition coefficient (Wildman–Crippen LogP) is 3.68. The van der Waals surface area contributed by atoms with Crippen LogP contribution in [-0.4, -0.2) is 40.6 Å². The van der Waals surface area contributed by atoms with Crippen molar-refractivity contribution in [2.45, 2.75) is 70.6 Å². The van der Waals surface area contributed by atoms with E-state index in [1.807, 2.05) is 35.8 Å². The molecule has 0 atom stereocenters. The quantitative estimate of drug-likeness (QED) is 0.590. The van der Waals surface area contributed by atoms with Gasteiger partial charge < -0.3 is 14.8 Å². The lowest BCUT2D eigenvalue weighted by Crippen LogP contribution is -2.40. The topological polar surface area (TPSA) is 67.2 Å². The van der Waals surface area contributed by atoms with E-state index in [0.29, 0.717) is 19.1 Å². The van der Waals surface area contributed by atoms with Gasteiger partial charge in [-0.3, -0.25) is 0 Å². The molecule has 8 heteroatoms. The maximum atomic E-state index is 13.3. The van der Waals surface area contributed by atoms with E-state index in [1.165, 1.54) is 0 Å². The Morgan fingerprint density at radius 3 is 2.63 bits per heavy atom. The number of benzene rings is 1. The molecule has 30 heavy (non-hydrogen) atoms. The second-order valence-electron chi connectivity index (χ2n) is 8.46. The zero-order valence-electron chi connectivity index (χ0n) is 18.3. The molecule has 1 aliphatic carbocycles. The monoisotopic (exact) mass is 448 g/mol. The fourth-order valence-corrected chi connectivity index (χ4v) is 5.35. The smallest absolute Gasteiger partial charge is 0.228 e. The molecular formula is C22H32N4O2S2. The summed E-state index contributed by atoms with van der Waals surface area (Å²) in [5, 5.41) is 4.24. The molecule has 1 aromatic carbocycles. The number of imidazole rings is 1. The van der Waals surface area contributed by atoms with Gasteiger partial charge in [0.2, 0.25) is 15.0 Å². The van der Waals surface area contributed by atoms with Crippen molar-refractivity contribution in [2.75, 3.05) is 6.54 Å². The van der Waals surface area contributed by atoms with Crippen LogP contribution in [0.2, 0.25) is 0 Å². The van der Waals surface area contributed by atoms with E-state index >= 15 is 0 Å². The SMILES string of the molecule is CCN(Cc1cnc(S(=O)(=O)Cc2ccccc2C)n1CC(C)C)C(=S)NC1CC1. The number of rotatable bonds is 9. The molecule has 0 bridgehead atoms. The van der Waals surface area contributed by atoms with Gasteiger partial charge in [-0.1, -0.05) is 38.1 Å². The van der Waals surface area contributed by atoms with E-state index < -0.39 is 9.84 Å². The first kappa shape index (κ1) is 22.7. The Bertz CT molecular complexity index is 994. The first-order chi connectivity index (χ1) is 14.2. The van der Waals surface area contributed by atoms with Crippen LogP contribution in [0.3, 0.4) is 0 Å². The summed E-state index contributed by atoms with van der Waals surface area (Å²) in [4.78, 5) is 6.44. The average Bonchev–Trinajstić information content (AvgIpc) is 3.40. The summed E-state index contributed by atoms with van der Waals surface area (Å²) in [5.74, 6) is 0.241. The molecule has 0 spiro atoms. The number of hydrogen-bond donors (Lipinski definition) is 1. The van der Waals surface area contributed by atoms with Gasteiger partial charge in [0.15, 0.2) is 5.11 Å². The van der Waals surface area contributed by atoms with Gasteiger partial charge in [0, 0.05) is 19.1 Å². The number of nitrogens with zero attached hydrogens (tertiary/aromatic N) is 3. The second-order valence-corrected chi connectivity index (χ2v) is 10.7. The normalized spacial score (nSPS) is 14.2. The van der Waals surface area contributed by atoms with Crippen LogP contribution in [0.15, 0.2) is 35.6 Å². The minimum absolute atomic E-state index is 0.0483. The molecule has 0 amide bonds. The molecule has 1 heterocycles. The summed E-state index contributed by atoms with van der Waals surface area (Å²) in [6.07, 6.45) is 4.00. The van der Waals surface area contributed by atoms with E-state index in [9.17, 15) is 8.42 Å². The summed E-state index contributed by atoms with van der Waals surface area (Å²) in [7, 11) is -3.58. The van der Waals surface area contributed by atoms with Gasteiger partial charge in [-0.05, 0) is 56.0 Å². The average molecular weight is 449 g/mol. The van der Waals surface area contributed by atoms with Crippen LogP contribution in [0, 0.1) is 12.8 Å². The highest BCUT2D eigenvalue weighted by Crippen LogP contribution is 2.22.